The van der Waals surface area contributed by atoms with Crippen LogP contribution in [-0.4, -0.2) is 60.9 Å². The van der Waals surface area contributed by atoms with Gasteiger partial charge < -0.3 is 20.3 Å². The Balaban J connectivity index is 1.26. The molecule has 9 heteroatoms. The van der Waals surface area contributed by atoms with Gasteiger partial charge in [-0.1, -0.05) is 25.0 Å². The highest BCUT2D eigenvalue weighted by Gasteiger charge is 2.52. The molecule has 0 bridgehead atoms. The fourth-order valence-corrected chi connectivity index (χ4v) is 4.76. The topological polar surface area (TPSA) is 108 Å². The second-order valence-corrected chi connectivity index (χ2v) is 8.40. The Hall–Kier alpha value is -3.10. The highest BCUT2D eigenvalue weighted by molar-refractivity contribution is 6.07. The number of imide groups is 1. The average Bonchev–Trinajstić information content (AvgIpc) is 3.45. The van der Waals surface area contributed by atoms with Crippen LogP contribution in [0.5, 0.6) is 5.75 Å². The van der Waals surface area contributed by atoms with E-state index in [1.54, 1.807) is 24.1 Å². The fraction of sp³-hybridized carbons (Fsp3) is 0.545. The molecule has 31 heavy (non-hydrogen) atoms. The number of para-hydroxylation sites is 2. The van der Waals surface area contributed by atoms with Crippen molar-refractivity contribution in [2.24, 2.45) is 5.92 Å². The lowest BCUT2D eigenvalue weighted by Gasteiger charge is -2.20. The second-order valence-electron chi connectivity index (χ2n) is 8.40. The number of ether oxygens (including phenoxy) is 1. The molecular weight excluding hydrogens is 400 g/mol. The molecular formula is C22H28N4O5. The van der Waals surface area contributed by atoms with Crippen molar-refractivity contribution in [3.05, 3.63) is 24.3 Å². The van der Waals surface area contributed by atoms with Crippen LogP contribution >= 0.6 is 0 Å². The largest absolute Gasteiger partial charge is 0.495 e. The van der Waals surface area contributed by atoms with Crippen LogP contribution in [0, 0.1) is 5.92 Å². The van der Waals surface area contributed by atoms with E-state index in [0.717, 1.165) is 12.8 Å². The summed E-state index contributed by atoms with van der Waals surface area (Å²) < 4.78 is 5.32. The molecule has 2 heterocycles. The molecule has 1 aromatic rings. The number of urea groups is 1. The van der Waals surface area contributed by atoms with E-state index >= 15 is 0 Å². The highest BCUT2D eigenvalue weighted by Crippen LogP contribution is 2.35. The normalized spacial score (nSPS) is 22.4. The highest BCUT2D eigenvalue weighted by atomic mass is 16.5. The molecule has 1 saturated carbocycles. The summed E-state index contributed by atoms with van der Waals surface area (Å²) in [5.41, 5.74) is -0.0448. The molecule has 0 aromatic heterocycles. The summed E-state index contributed by atoms with van der Waals surface area (Å²) in [5.74, 6) is -0.322. The number of benzene rings is 1. The first-order chi connectivity index (χ1) is 14.9. The molecule has 1 atom stereocenters. The van der Waals surface area contributed by atoms with E-state index in [0.29, 0.717) is 43.8 Å². The molecule has 0 radical (unpaired) electrons. The van der Waals surface area contributed by atoms with Crippen LogP contribution in [0.15, 0.2) is 24.3 Å². The number of rotatable bonds is 7. The van der Waals surface area contributed by atoms with Crippen LogP contribution in [0.25, 0.3) is 0 Å². The first kappa shape index (κ1) is 21.1. The summed E-state index contributed by atoms with van der Waals surface area (Å²) >= 11 is 0. The third kappa shape index (κ3) is 3.96. The molecule has 2 saturated heterocycles. The maximum absolute atomic E-state index is 12.6. The first-order valence-electron chi connectivity index (χ1n) is 10.8. The molecule has 5 amide bonds. The van der Waals surface area contributed by atoms with Gasteiger partial charge in [0.1, 0.15) is 11.3 Å². The number of carbonyl (C=O) groups excluding carboxylic acids is 4. The van der Waals surface area contributed by atoms with Gasteiger partial charge >= 0.3 is 6.03 Å². The zero-order valence-corrected chi connectivity index (χ0v) is 17.7. The summed E-state index contributed by atoms with van der Waals surface area (Å²) in [6.07, 6.45) is 3.90. The maximum Gasteiger partial charge on any atom is 0.325 e. The van der Waals surface area contributed by atoms with Gasteiger partial charge in [0.05, 0.1) is 18.7 Å². The Labute approximate surface area is 181 Å². The molecule has 166 valence electrons. The van der Waals surface area contributed by atoms with Crippen LogP contribution in [0.3, 0.4) is 0 Å². The van der Waals surface area contributed by atoms with Gasteiger partial charge in [-0.15, -0.1) is 0 Å². The lowest BCUT2D eigenvalue weighted by Crippen LogP contribution is -2.44. The minimum absolute atomic E-state index is 0.120. The minimum Gasteiger partial charge on any atom is -0.495 e. The Morgan fingerprint density at radius 3 is 2.71 bits per heavy atom. The van der Waals surface area contributed by atoms with Crippen molar-refractivity contribution < 1.29 is 23.9 Å². The number of nitrogens with zero attached hydrogens (tertiary/aromatic N) is 2. The molecule has 2 aliphatic heterocycles. The monoisotopic (exact) mass is 428 g/mol. The van der Waals surface area contributed by atoms with Gasteiger partial charge in [0, 0.05) is 26.1 Å². The SMILES string of the molecule is COc1ccccc1N1CC(C(=O)NCCCN2C(=O)NC3(CCCC3)C2=O)CC1=O. The van der Waals surface area contributed by atoms with Crippen molar-refractivity contribution in [2.45, 2.75) is 44.1 Å². The van der Waals surface area contributed by atoms with Crippen LogP contribution in [0.1, 0.15) is 38.5 Å². The summed E-state index contributed by atoms with van der Waals surface area (Å²) in [6, 6.07) is 6.89. The zero-order chi connectivity index (χ0) is 22.0. The van der Waals surface area contributed by atoms with Gasteiger partial charge in [-0.2, -0.15) is 0 Å². The quantitative estimate of drug-likeness (QED) is 0.504. The predicted molar refractivity (Wildman–Crippen MR) is 113 cm³/mol. The fourth-order valence-electron chi connectivity index (χ4n) is 4.76. The van der Waals surface area contributed by atoms with E-state index in [1.165, 1.54) is 4.90 Å². The van der Waals surface area contributed by atoms with Crippen molar-refractivity contribution in [1.29, 1.82) is 0 Å². The zero-order valence-electron chi connectivity index (χ0n) is 17.7. The summed E-state index contributed by atoms with van der Waals surface area (Å²) in [4.78, 5) is 52.7. The van der Waals surface area contributed by atoms with E-state index in [-0.39, 0.29) is 36.7 Å². The molecule has 1 spiro atoms. The van der Waals surface area contributed by atoms with Gasteiger partial charge in [-0.05, 0) is 31.4 Å². The lowest BCUT2D eigenvalue weighted by atomic mass is 9.98. The van der Waals surface area contributed by atoms with Crippen molar-refractivity contribution in [2.75, 3.05) is 31.6 Å². The van der Waals surface area contributed by atoms with E-state index in [2.05, 4.69) is 10.6 Å². The standard InChI is InChI=1S/C22H28N4O5/c1-31-17-8-3-2-7-16(17)26-14-15(13-18(26)27)19(28)23-11-6-12-25-20(29)22(24-21(25)30)9-4-5-10-22/h2-3,7-8,15H,4-6,9-14H2,1H3,(H,23,28)(H,24,30). The minimum atomic E-state index is -0.702. The molecule has 2 N–H and O–H groups in total. The number of nitrogens with one attached hydrogen (secondary N) is 2. The van der Waals surface area contributed by atoms with E-state index in [4.69, 9.17) is 4.74 Å². The predicted octanol–water partition coefficient (Wildman–Crippen LogP) is 1.42. The van der Waals surface area contributed by atoms with Gasteiger partial charge in [0.15, 0.2) is 0 Å². The lowest BCUT2D eigenvalue weighted by molar-refractivity contribution is -0.131. The maximum atomic E-state index is 12.6. The molecule has 1 aromatic carbocycles. The Morgan fingerprint density at radius 2 is 1.97 bits per heavy atom. The van der Waals surface area contributed by atoms with Crippen LogP contribution in [-0.2, 0) is 14.4 Å². The van der Waals surface area contributed by atoms with Crippen molar-refractivity contribution in [3.8, 4) is 5.75 Å². The third-order valence-electron chi connectivity index (χ3n) is 6.43. The number of carbonyl (C=O) groups is 4. The number of anilines is 1. The number of methoxy groups -OCH3 is 1. The van der Waals surface area contributed by atoms with Gasteiger partial charge in [-0.3, -0.25) is 19.3 Å². The molecule has 3 fully saturated rings. The Bertz CT molecular complexity index is 896. The first-order valence-corrected chi connectivity index (χ1v) is 10.8. The van der Waals surface area contributed by atoms with Crippen molar-refractivity contribution >= 4 is 29.4 Å². The van der Waals surface area contributed by atoms with E-state index < -0.39 is 11.5 Å². The van der Waals surface area contributed by atoms with E-state index in [1.807, 2.05) is 12.1 Å². The molecule has 3 aliphatic rings. The molecule has 1 aliphatic carbocycles. The van der Waals surface area contributed by atoms with Gasteiger partial charge in [-0.25, -0.2) is 4.79 Å². The van der Waals surface area contributed by atoms with E-state index in [9.17, 15) is 19.2 Å². The van der Waals surface area contributed by atoms with Crippen LogP contribution < -0.4 is 20.3 Å². The number of hydrogen-bond acceptors (Lipinski definition) is 5. The second kappa shape index (κ2) is 8.56. The van der Waals surface area contributed by atoms with Gasteiger partial charge in [0.2, 0.25) is 11.8 Å². The third-order valence-corrected chi connectivity index (χ3v) is 6.43. The van der Waals surface area contributed by atoms with Crippen LogP contribution in [0.2, 0.25) is 0 Å². The number of hydrogen-bond donors (Lipinski definition) is 2. The Morgan fingerprint density at radius 1 is 1.23 bits per heavy atom. The average molecular weight is 428 g/mol. The molecule has 1 unspecified atom stereocenters. The molecule has 9 nitrogen and oxygen atoms in total. The summed E-state index contributed by atoms with van der Waals surface area (Å²) in [6.45, 7) is 0.895. The summed E-state index contributed by atoms with van der Waals surface area (Å²) in [7, 11) is 1.55. The molecule has 4 rings (SSSR count). The number of amides is 5. The van der Waals surface area contributed by atoms with Crippen molar-refractivity contribution in [3.63, 3.8) is 0 Å². The smallest absolute Gasteiger partial charge is 0.325 e. The summed E-state index contributed by atoms with van der Waals surface area (Å²) in [5, 5.41) is 5.70. The van der Waals surface area contributed by atoms with Gasteiger partial charge in [0.25, 0.3) is 5.91 Å². The van der Waals surface area contributed by atoms with Crippen LogP contribution in [0.4, 0.5) is 10.5 Å². The van der Waals surface area contributed by atoms with Crippen molar-refractivity contribution in [1.82, 2.24) is 15.5 Å². The Kier molecular flexibility index (Phi) is 5.84.